The quantitative estimate of drug-likeness (QED) is 0.195. The molecule has 0 amide bonds. The first-order valence-electron chi connectivity index (χ1n) is 9.90. The molecule has 0 bridgehead atoms. The minimum atomic E-state index is -0.323. The van der Waals surface area contributed by atoms with Crippen molar-refractivity contribution in [3.05, 3.63) is 0 Å². The fourth-order valence-corrected chi connectivity index (χ4v) is 3.22. The number of methoxy groups -OCH3 is 1. The Hall–Kier alpha value is -0.690. The van der Waals surface area contributed by atoms with Crippen molar-refractivity contribution in [1.29, 1.82) is 0 Å². The van der Waals surface area contributed by atoms with E-state index in [1.807, 2.05) is 0 Å². The summed E-state index contributed by atoms with van der Waals surface area (Å²) in [7, 11) is 1.42. The second kappa shape index (κ2) is 14.5. The van der Waals surface area contributed by atoms with Crippen LogP contribution in [0.4, 0.5) is 0 Å². The monoisotopic (exact) mass is 360 g/mol. The molecule has 1 aliphatic rings. The molecule has 1 saturated heterocycles. The van der Waals surface area contributed by atoms with Gasteiger partial charge >= 0.3 is 5.97 Å². The van der Waals surface area contributed by atoms with Crippen LogP contribution in [0.5, 0.6) is 0 Å². The SMILES string of the molecule is CCCCCC[C@@H]1C[C@H]([C@H](CCCCCCCC(=O)OC)OO)OO1. The van der Waals surface area contributed by atoms with Gasteiger partial charge in [-0.3, -0.25) is 10.1 Å². The van der Waals surface area contributed by atoms with Crippen molar-refractivity contribution in [3.63, 3.8) is 0 Å². The maximum Gasteiger partial charge on any atom is 0.305 e. The third-order valence-corrected chi connectivity index (χ3v) is 4.84. The van der Waals surface area contributed by atoms with E-state index in [0.29, 0.717) is 6.42 Å². The van der Waals surface area contributed by atoms with Gasteiger partial charge in [0.25, 0.3) is 0 Å². The molecule has 1 rings (SSSR count). The van der Waals surface area contributed by atoms with Crippen molar-refractivity contribution >= 4 is 5.97 Å². The molecule has 0 aliphatic carbocycles. The highest BCUT2D eigenvalue weighted by Crippen LogP contribution is 2.27. The van der Waals surface area contributed by atoms with E-state index in [1.165, 1.54) is 26.4 Å². The highest BCUT2D eigenvalue weighted by Gasteiger charge is 2.34. The lowest BCUT2D eigenvalue weighted by atomic mass is 9.98. The van der Waals surface area contributed by atoms with Crippen molar-refractivity contribution in [2.45, 2.75) is 109 Å². The van der Waals surface area contributed by atoms with Gasteiger partial charge in [-0.05, 0) is 19.3 Å². The lowest BCUT2D eigenvalue weighted by molar-refractivity contribution is -0.352. The van der Waals surface area contributed by atoms with Crippen LogP contribution >= 0.6 is 0 Å². The number of esters is 1. The van der Waals surface area contributed by atoms with Gasteiger partial charge in [0.15, 0.2) is 0 Å². The van der Waals surface area contributed by atoms with E-state index in [1.54, 1.807) is 0 Å². The molecule has 1 N–H and O–H groups in total. The molecule has 0 aromatic carbocycles. The van der Waals surface area contributed by atoms with Crippen molar-refractivity contribution in [2.75, 3.05) is 7.11 Å². The number of carbonyl (C=O) groups is 1. The normalized spacial score (nSPS) is 21.4. The molecule has 1 fully saturated rings. The number of carbonyl (C=O) groups excluding carboxylic acids is 1. The van der Waals surface area contributed by atoms with Crippen molar-refractivity contribution in [1.82, 2.24) is 0 Å². The van der Waals surface area contributed by atoms with Gasteiger partial charge in [0.05, 0.1) is 13.2 Å². The highest BCUT2D eigenvalue weighted by atomic mass is 17.2. The Balaban J connectivity index is 2.07. The Morgan fingerprint density at radius 1 is 1.08 bits per heavy atom. The Kier molecular flexibility index (Phi) is 12.9. The summed E-state index contributed by atoms with van der Waals surface area (Å²) in [6.45, 7) is 2.20. The maximum absolute atomic E-state index is 11.0. The van der Waals surface area contributed by atoms with E-state index < -0.39 is 0 Å². The maximum atomic E-state index is 11.0. The molecule has 0 saturated carbocycles. The van der Waals surface area contributed by atoms with Gasteiger partial charge in [0.1, 0.15) is 12.2 Å². The smallest absolute Gasteiger partial charge is 0.305 e. The predicted octanol–water partition coefficient (Wildman–Crippen LogP) is 4.81. The average molecular weight is 360 g/mol. The van der Waals surface area contributed by atoms with Crippen LogP contribution in [0, 0.1) is 0 Å². The van der Waals surface area contributed by atoms with Gasteiger partial charge in [0.2, 0.25) is 0 Å². The van der Waals surface area contributed by atoms with Gasteiger partial charge in [0, 0.05) is 12.8 Å². The van der Waals surface area contributed by atoms with Crippen LogP contribution in [0.15, 0.2) is 0 Å². The fraction of sp³-hybridized carbons (Fsp3) is 0.947. The summed E-state index contributed by atoms with van der Waals surface area (Å²) in [6, 6.07) is 0. The van der Waals surface area contributed by atoms with Gasteiger partial charge in [-0.2, -0.15) is 0 Å². The van der Waals surface area contributed by atoms with Crippen molar-refractivity contribution < 1.29 is 29.5 Å². The zero-order valence-corrected chi connectivity index (χ0v) is 15.9. The summed E-state index contributed by atoms with van der Waals surface area (Å²) in [5.41, 5.74) is 0. The molecule has 0 radical (unpaired) electrons. The lowest BCUT2D eigenvalue weighted by Crippen LogP contribution is -2.28. The van der Waals surface area contributed by atoms with E-state index in [9.17, 15) is 4.79 Å². The predicted molar refractivity (Wildman–Crippen MR) is 95.0 cm³/mol. The first kappa shape index (κ1) is 22.4. The van der Waals surface area contributed by atoms with Crippen LogP contribution in [0.2, 0.25) is 0 Å². The topological polar surface area (TPSA) is 74.2 Å². The lowest BCUT2D eigenvalue weighted by Gasteiger charge is -2.17. The van der Waals surface area contributed by atoms with Crippen LogP contribution in [0.25, 0.3) is 0 Å². The Morgan fingerprint density at radius 2 is 1.80 bits per heavy atom. The summed E-state index contributed by atoms with van der Waals surface area (Å²) in [5, 5.41) is 9.16. The molecule has 0 spiro atoms. The zero-order valence-electron chi connectivity index (χ0n) is 15.9. The minimum Gasteiger partial charge on any atom is -0.469 e. The van der Waals surface area contributed by atoms with E-state index in [2.05, 4.69) is 16.5 Å². The largest absolute Gasteiger partial charge is 0.469 e. The second-order valence-electron chi connectivity index (χ2n) is 6.96. The van der Waals surface area contributed by atoms with E-state index in [4.69, 9.17) is 15.0 Å². The van der Waals surface area contributed by atoms with Gasteiger partial charge < -0.3 is 4.74 Å². The molecule has 1 aliphatic heterocycles. The molecule has 6 nitrogen and oxygen atoms in total. The van der Waals surface area contributed by atoms with Crippen molar-refractivity contribution in [3.8, 4) is 0 Å². The highest BCUT2D eigenvalue weighted by molar-refractivity contribution is 5.68. The Bertz CT molecular complexity index is 336. The fourth-order valence-electron chi connectivity index (χ4n) is 3.22. The van der Waals surface area contributed by atoms with Gasteiger partial charge in [-0.15, -0.1) is 0 Å². The van der Waals surface area contributed by atoms with E-state index >= 15 is 0 Å². The van der Waals surface area contributed by atoms with Gasteiger partial charge in [-0.25, -0.2) is 14.7 Å². The number of ether oxygens (including phenoxy) is 1. The minimum absolute atomic E-state index is 0.123. The number of unbranched alkanes of at least 4 members (excludes halogenated alkanes) is 7. The van der Waals surface area contributed by atoms with Crippen molar-refractivity contribution in [2.24, 2.45) is 0 Å². The zero-order chi connectivity index (χ0) is 18.3. The van der Waals surface area contributed by atoms with Crippen LogP contribution in [0.3, 0.4) is 0 Å². The summed E-state index contributed by atoms with van der Waals surface area (Å²) in [5.74, 6) is -0.142. The first-order chi connectivity index (χ1) is 12.2. The first-order valence-corrected chi connectivity index (χ1v) is 9.90. The third kappa shape index (κ3) is 10.1. The Morgan fingerprint density at radius 3 is 2.52 bits per heavy atom. The molecular formula is C19H36O6. The number of rotatable bonds is 15. The number of hydrogen-bond acceptors (Lipinski definition) is 6. The average Bonchev–Trinajstić information content (AvgIpc) is 3.09. The van der Waals surface area contributed by atoms with E-state index in [0.717, 1.165) is 57.8 Å². The van der Waals surface area contributed by atoms with Gasteiger partial charge in [-0.1, -0.05) is 58.3 Å². The summed E-state index contributed by atoms with van der Waals surface area (Å²) in [4.78, 5) is 26.4. The van der Waals surface area contributed by atoms with Crippen LogP contribution in [0.1, 0.15) is 90.4 Å². The summed E-state index contributed by atoms with van der Waals surface area (Å²) < 4.78 is 4.62. The van der Waals surface area contributed by atoms with Crippen LogP contribution in [-0.2, 0) is 24.2 Å². The molecular weight excluding hydrogens is 324 g/mol. The molecule has 148 valence electrons. The molecule has 1 heterocycles. The van der Waals surface area contributed by atoms with Crippen LogP contribution < -0.4 is 0 Å². The summed E-state index contributed by atoms with van der Waals surface area (Å²) >= 11 is 0. The van der Waals surface area contributed by atoms with Crippen LogP contribution in [-0.4, -0.2) is 36.6 Å². The second-order valence-corrected chi connectivity index (χ2v) is 6.96. The molecule has 0 aromatic heterocycles. The molecule has 25 heavy (non-hydrogen) atoms. The molecule has 3 atom stereocenters. The Labute approximate surface area is 152 Å². The molecule has 0 unspecified atom stereocenters. The molecule has 0 aromatic rings. The molecule has 6 heteroatoms. The number of hydrogen-bond donors (Lipinski definition) is 1. The standard InChI is InChI=1S/C19H36O6/c1-3-4-5-9-12-16-15-18(25-24-16)17(23-21)13-10-7-6-8-11-14-19(20)22-2/h16-18,21H,3-15H2,1-2H3/t16-,17+,18-/m1/s1. The third-order valence-electron chi connectivity index (χ3n) is 4.84. The van der Waals surface area contributed by atoms with E-state index in [-0.39, 0.29) is 24.3 Å². The summed E-state index contributed by atoms with van der Waals surface area (Å²) in [6.07, 6.45) is 12.5.